The molecule has 1 saturated heterocycles. The van der Waals surface area contributed by atoms with Crippen molar-refractivity contribution in [1.82, 2.24) is 4.90 Å². The van der Waals surface area contributed by atoms with E-state index in [9.17, 15) is 5.11 Å². The summed E-state index contributed by atoms with van der Waals surface area (Å²) >= 11 is 0. The molecule has 0 aromatic carbocycles. The van der Waals surface area contributed by atoms with E-state index in [4.69, 9.17) is 4.74 Å². The van der Waals surface area contributed by atoms with Gasteiger partial charge in [0.05, 0.1) is 12.7 Å². The fraction of sp³-hybridized carbons (Fsp3) is 0.822. The first-order chi connectivity index (χ1) is 23.8. The highest BCUT2D eigenvalue weighted by Crippen LogP contribution is 2.19. The highest BCUT2D eigenvalue weighted by molar-refractivity contribution is 4.93. The minimum atomic E-state index is -0.0852. The molecule has 1 N–H and O–H groups in total. The number of aliphatic hydroxyl groups excluding tert-OH is 1. The third kappa shape index (κ3) is 32.1. The zero-order valence-corrected chi connectivity index (χ0v) is 32.4. The monoisotopic (exact) mass is 670 g/mol. The number of unbranched alkanes of at least 4 members (excludes halogenated alkanes) is 19. The van der Waals surface area contributed by atoms with E-state index >= 15 is 0 Å². The lowest BCUT2D eigenvalue weighted by atomic mass is 9.98. The lowest BCUT2D eigenvalue weighted by Crippen LogP contribution is -2.39. The predicted molar refractivity (Wildman–Crippen MR) is 214 cm³/mol. The minimum Gasteiger partial charge on any atom is -0.393 e. The molecular formula is C45H83NO2. The number of rotatable bonds is 35. The van der Waals surface area contributed by atoms with Crippen molar-refractivity contribution in [2.75, 3.05) is 32.8 Å². The number of piperidine rings is 1. The Kier molecular flexibility index (Phi) is 34.7. The molecule has 1 unspecified atom stereocenters. The molecule has 1 fully saturated rings. The summed E-state index contributed by atoms with van der Waals surface area (Å²) in [4.78, 5) is 2.58. The molecule has 0 radical (unpaired) electrons. The van der Waals surface area contributed by atoms with E-state index in [-0.39, 0.29) is 6.10 Å². The van der Waals surface area contributed by atoms with Crippen LogP contribution in [-0.4, -0.2) is 49.0 Å². The van der Waals surface area contributed by atoms with Gasteiger partial charge in [-0.2, -0.15) is 0 Å². The molecule has 1 aliphatic heterocycles. The molecule has 0 bridgehead atoms. The Morgan fingerprint density at radius 2 is 0.958 bits per heavy atom. The highest BCUT2D eigenvalue weighted by atomic mass is 16.5. The fourth-order valence-corrected chi connectivity index (χ4v) is 6.73. The van der Waals surface area contributed by atoms with E-state index in [1.807, 2.05) is 0 Å². The van der Waals surface area contributed by atoms with Gasteiger partial charge in [0, 0.05) is 26.2 Å². The van der Waals surface area contributed by atoms with Gasteiger partial charge in [-0.3, -0.25) is 0 Å². The van der Waals surface area contributed by atoms with Gasteiger partial charge in [0.15, 0.2) is 0 Å². The summed E-state index contributed by atoms with van der Waals surface area (Å²) in [5.41, 5.74) is 0. The molecule has 1 atom stereocenters. The number of ether oxygens (including phenoxy) is 1. The van der Waals surface area contributed by atoms with Crippen LogP contribution in [0.2, 0.25) is 0 Å². The molecule has 1 heterocycles. The predicted octanol–water partition coefficient (Wildman–Crippen LogP) is 13.5. The van der Waals surface area contributed by atoms with Crippen molar-refractivity contribution in [2.24, 2.45) is 5.92 Å². The Morgan fingerprint density at radius 1 is 0.542 bits per heavy atom. The molecule has 3 nitrogen and oxygen atoms in total. The summed E-state index contributed by atoms with van der Waals surface area (Å²) in [5, 5.41) is 9.94. The van der Waals surface area contributed by atoms with Crippen LogP contribution in [0, 0.1) is 5.92 Å². The van der Waals surface area contributed by atoms with Gasteiger partial charge in [0.2, 0.25) is 0 Å². The first kappa shape index (κ1) is 44.9. The highest BCUT2D eigenvalue weighted by Gasteiger charge is 2.20. The Hall–Kier alpha value is -1.16. The normalized spacial score (nSPS) is 15.7. The minimum absolute atomic E-state index is 0.0852. The molecular weight excluding hydrogens is 587 g/mol. The quantitative estimate of drug-likeness (QED) is 0.0538. The third-order valence-corrected chi connectivity index (χ3v) is 9.98. The number of nitrogens with zero attached hydrogens (tertiary/aromatic N) is 1. The molecule has 0 spiro atoms. The van der Waals surface area contributed by atoms with E-state index in [0.29, 0.717) is 5.92 Å². The first-order valence-corrected chi connectivity index (χ1v) is 21.3. The average molecular weight is 670 g/mol. The van der Waals surface area contributed by atoms with Gasteiger partial charge in [-0.05, 0) is 95.8 Å². The van der Waals surface area contributed by atoms with Crippen molar-refractivity contribution in [1.29, 1.82) is 0 Å². The molecule has 48 heavy (non-hydrogen) atoms. The molecule has 0 amide bonds. The van der Waals surface area contributed by atoms with E-state index in [1.165, 1.54) is 154 Å². The van der Waals surface area contributed by atoms with Crippen LogP contribution in [0.4, 0.5) is 0 Å². The Morgan fingerprint density at radius 3 is 1.44 bits per heavy atom. The molecule has 0 aliphatic carbocycles. The van der Waals surface area contributed by atoms with Crippen LogP contribution < -0.4 is 0 Å². The van der Waals surface area contributed by atoms with E-state index in [2.05, 4.69) is 67.4 Å². The Bertz CT molecular complexity index is 748. The third-order valence-electron chi connectivity index (χ3n) is 9.98. The van der Waals surface area contributed by atoms with Crippen molar-refractivity contribution in [3.8, 4) is 0 Å². The van der Waals surface area contributed by atoms with Gasteiger partial charge in [-0.25, -0.2) is 0 Å². The topological polar surface area (TPSA) is 32.7 Å². The molecule has 1 rings (SSSR count). The van der Waals surface area contributed by atoms with Crippen LogP contribution in [-0.2, 0) is 4.74 Å². The number of hydrogen-bond donors (Lipinski definition) is 1. The molecule has 280 valence electrons. The summed E-state index contributed by atoms with van der Waals surface area (Å²) in [7, 11) is 0. The van der Waals surface area contributed by atoms with Gasteiger partial charge in [0.1, 0.15) is 0 Å². The van der Waals surface area contributed by atoms with Crippen LogP contribution in [0.25, 0.3) is 0 Å². The van der Waals surface area contributed by atoms with Crippen molar-refractivity contribution in [2.45, 2.75) is 200 Å². The van der Waals surface area contributed by atoms with E-state index < -0.39 is 0 Å². The second-order valence-electron chi connectivity index (χ2n) is 14.8. The Balaban J connectivity index is 2.05. The van der Waals surface area contributed by atoms with Crippen LogP contribution >= 0.6 is 0 Å². The molecule has 1 aliphatic rings. The van der Waals surface area contributed by atoms with Gasteiger partial charge in [0.25, 0.3) is 0 Å². The lowest BCUT2D eigenvalue weighted by Gasteiger charge is -2.32. The largest absolute Gasteiger partial charge is 0.393 e. The van der Waals surface area contributed by atoms with Crippen LogP contribution in [0.1, 0.15) is 194 Å². The maximum Gasteiger partial charge on any atom is 0.0564 e. The summed E-state index contributed by atoms with van der Waals surface area (Å²) in [5.74, 6) is 0.641. The Labute approximate surface area is 301 Å². The first-order valence-electron chi connectivity index (χ1n) is 21.3. The molecule has 0 aromatic rings. The number of hydrogen-bond acceptors (Lipinski definition) is 3. The number of allylic oxidation sites excluding steroid dienone is 8. The second-order valence-corrected chi connectivity index (χ2v) is 14.8. The average Bonchev–Trinajstić information content (AvgIpc) is 3.09. The van der Waals surface area contributed by atoms with Crippen molar-refractivity contribution >= 4 is 0 Å². The van der Waals surface area contributed by atoms with Gasteiger partial charge in [-0.15, -0.1) is 0 Å². The summed E-state index contributed by atoms with van der Waals surface area (Å²) in [6.45, 7) is 9.63. The SMILES string of the molecule is CCCCC/C=C\C/C=C\CCCCCCCCCC(COCCCCCCCC/C=C\C/C=C\CCCCC)CN1CCC(O)CC1. The number of aliphatic hydroxyl groups is 1. The maximum absolute atomic E-state index is 9.94. The summed E-state index contributed by atoms with van der Waals surface area (Å²) in [6.07, 6.45) is 54.6. The molecule has 0 aromatic heterocycles. The fourth-order valence-electron chi connectivity index (χ4n) is 6.73. The zero-order chi connectivity index (χ0) is 34.4. The second kappa shape index (κ2) is 37.1. The smallest absolute Gasteiger partial charge is 0.0564 e. The lowest BCUT2D eigenvalue weighted by molar-refractivity contribution is 0.0463. The van der Waals surface area contributed by atoms with Crippen molar-refractivity contribution < 1.29 is 9.84 Å². The van der Waals surface area contributed by atoms with Gasteiger partial charge < -0.3 is 14.7 Å². The standard InChI is InChI=1S/C45H83NO2/c1-3-5-7-9-11-13-15-17-19-21-22-24-26-28-30-32-34-36-44(42-46-39-37-45(47)38-40-46)43-48-41-35-33-31-29-27-25-23-20-18-16-14-12-10-8-6-4-2/h11-14,17-20,44-45,47H,3-10,15-16,21-43H2,1-2H3/b13-11-,14-12-,19-17-,20-18-. The molecule has 3 heteroatoms. The zero-order valence-electron chi connectivity index (χ0n) is 32.4. The molecule has 0 saturated carbocycles. The summed E-state index contributed by atoms with van der Waals surface area (Å²) < 4.78 is 6.26. The van der Waals surface area contributed by atoms with Crippen LogP contribution in [0.3, 0.4) is 0 Å². The van der Waals surface area contributed by atoms with Gasteiger partial charge >= 0.3 is 0 Å². The van der Waals surface area contributed by atoms with E-state index in [0.717, 1.165) is 58.5 Å². The maximum atomic E-state index is 9.94. The van der Waals surface area contributed by atoms with Crippen LogP contribution in [0.5, 0.6) is 0 Å². The number of likely N-dealkylation sites (tertiary alicyclic amines) is 1. The van der Waals surface area contributed by atoms with Crippen molar-refractivity contribution in [3.63, 3.8) is 0 Å². The summed E-state index contributed by atoms with van der Waals surface area (Å²) in [6, 6.07) is 0. The van der Waals surface area contributed by atoms with E-state index in [1.54, 1.807) is 0 Å². The van der Waals surface area contributed by atoms with Crippen LogP contribution in [0.15, 0.2) is 48.6 Å². The van der Waals surface area contributed by atoms with Crippen molar-refractivity contribution in [3.05, 3.63) is 48.6 Å². The van der Waals surface area contributed by atoms with Gasteiger partial charge in [-0.1, -0.05) is 152 Å².